The number of nitrogens with one attached hydrogen (secondary N) is 1. The molecule has 1 aliphatic rings. The van der Waals surface area contributed by atoms with Crippen molar-refractivity contribution in [2.75, 3.05) is 6.54 Å². The fourth-order valence-corrected chi connectivity index (χ4v) is 2.61. The molecule has 2 N–H and O–H groups in total. The molecule has 82 valence electrons. The largest absolute Gasteiger partial charge is 0.480 e. The zero-order valence-electron chi connectivity index (χ0n) is 9.34. The van der Waals surface area contributed by atoms with Crippen LogP contribution in [0.4, 0.5) is 0 Å². The first-order valence-electron chi connectivity index (χ1n) is 5.53. The van der Waals surface area contributed by atoms with Crippen LogP contribution in [0.3, 0.4) is 0 Å². The van der Waals surface area contributed by atoms with Crippen molar-refractivity contribution >= 4 is 5.97 Å². The van der Waals surface area contributed by atoms with E-state index in [0.29, 0.717) is 5.92 Å². The number of likely N-dealkylation sites (N-methyl/N-ethyl adjacent to an activating group) is 1. The van der Waals surface area contributed by atoms with Crippen LogP contribution in [0.5, 0.6) is 0 Å². The van der Waals surface area contributed by atoms with Gasteiger partial charge >= 0.3 is 5.97 Å². The van der Waals surface area contributed by atoms with Gasteiger partial charge in [-0.15, -0.1) is 0 Å². The Hall–Kier alpha value is -0.570. The predicted octanol–water partition coefficient (Wildman–Crippen LogP) is 1.88. The third-order valence-electron chi connectivity index (χ3n) is 3.74. The normalized spacial score (nSPS) is 38.2. The average Bonchev–Trinajstić information content (AvgIpc) is 2.13. The summed E-state index contributed by atoms with van der Waals surface area (Å²) in [6.45, 7) is 6.90. The highest BCUT2D eigenvalue weighted by Crippen LogP contribution is 2.37. The molecule has 0 aromatic heterocycles. The Morgan fingerprint density at radius 1 is 1.57 bits per heavy atom. The molecule has 0 amide bonds. The molecule has 0 radical (unpaired) electrons. The molecule has 1 saturated carbocycles. The SMILES string of the molecule is CCNC1(C(=O)O)CCCC(C)C1C. The van der Waals surface area contributed by atoms with Gasteiger partial charge in [-0.05, 0) is 24.8 Å². The second kappa shape index (κ2) is 4.30. The summed E-state index contributed by atoms with van der Waals surface area (Å²) < 4.78 is 0. The van der Waals surface area contributed by atoms with Crippen LogP contribution in [0.15, 0.2) is 0 Å². The highest BCUT2D eigenvalue weighted by atomic mass is 16.4. The van der Waals surface area contributed by atoms with Gasteiger partial charge in [0.2, 0.25) is 0 Å². The van der Waals surface area contributed by atoms with Crippen LogP contribution in [-0.2, 0) is 4.79 Å². The smallest absolute Gasteiger partial charge is 0.324 e. The molecule has 0 aromatic rings. The highest BCUT2D eigenvalue weighted by molar-refractivity contribution is 5.79. The van der Waals surface area contributed by atoms with E-state index in [9.17, 15) is 9.90 Å². The van der Waals surface area contributed by atoms with Crippen LogP contribution in [-0.4, -0.2) is 23.2 Å². The first kappa shape index (κ1) is 11.5. The van der Waals surface area contributed by atoms with E-state index in [2.05, 4.69) is 19.2 Å². The van der Waals surface area contributed by atoms with Crippen molar-refractivity contribution in [3.05, 3.63) is 0 Å². The van der Waals surface area contributed by atoms with Crippen LogP contribution in [0.2, 0.25) is 0 Å². The minimum Gasteiger partial charge on any atom is -0.480 e. The van der Waals surface area contributed by atoms with Crippen LogP contribution in [0, 0.1) is 11.8 Å². The fraction of sp³-hybridized carbons (Fsp3) is 0.909. The van der Waals surface area contributed by atoms with E-state index in [1.165, 1.54) is 0 Å². The van der Waals surface area contributed by atoms with Crippen molar-refractivity contribution in [1.29, 1.82) is 0 Å². The Morgan fingerprint density at radius 3 is 2.71 bits per heavy atom. The Kier molecular flexibility index (Phi) is 3.53. The van der Waals surface area contributed by atoms with Gasteiger partial charge in [0, 0.05) is 0 Å². The highest BCUT2D eigenvalue weighted by Gasteiger charge is 2.46. The zero-order valence-corrected chi connectivity index (χ0v) is 9.34. The summed E-state index contributed by atoms with van der Waals surface area (Å²) in [5, 5.41) is 12.5. The first-order chi connectivity index (χ1) is 6.54. The van der Waals surface area contributed by atoms with E-state index >= 15 is 0 Å². The number of carboxylic acid groups (broad SMARTS) is 1. The quantitative estimate of drug-likeness (QED) is 0.729. The lowest BCUT2D eigenvalue weighted by molar-refractivity contribution is -0.150. The molecule has 3 atom stereocenters. The maximum Gasteiger partial charge on any atom is 0.324 e. The number of hydrogen-bond donors (Lipinski definition) is 2. The van der Waals surface area contributed by atoms with E-state index in [1.807, 2.05) is 6.92 Å². The molecule has 0 spiro atoms. The molecule has 1 aliphatic carbocycles. The first-order valence-corrected chi connectivity index (χ1v) is 5.53. The molecule has 1 fully saturated rings. The lowest BCUT2D eigenvalue weighted by atomic mass is 9.68. The molecule has 3 heteroatoms. The second-order valence-electron chi connectivity index (χ2n) is 4.47. The third kappa shape index (κ3) is 1.78. The fourth-order valence-electron chi connectivity index (χ4n) is 2.61. The number of rotatable bonds is 3. The summed E-state index contributed by atoms with van der Waals surface area (Å²) in [5.41, 5.74) is -0.674. The summed E-state index contributed by atoms with van der Waals surface area (Å²) >= 11 is 0. The van der Waals surface area contributed by atoms with Crippen molar-refractivity contribution in [3.8, 4) is 0 Å². The van der Waals surface area contributed by atoms with Crippen molar-refractivity contribution in [3.63, 3.8) is 0 Å². The minimum absolute atomic E-state index is 0.216. The molecule has 3 unspecified atom stereocenters. The maximum atomic E-state index is 11.4. The van der Waals surface area contributed by atoms with Gasteiger partial charge in [0.05, 0.1) is 0 Å². The van der Waals surface area contributed by atoms with Gasteiger partial charge in [-0.25, -0.2) is 0 Å². The van der Waals surface area contributed by atoms with E-state index in [-0.39, 0.29) is 5.92 Å². The summed E-state index contributed by atoms with van der Waals surface area (Å²) in [6, 6.07) is 0. The van der Waals surface area contributed by atoms with Crippen LogP contribution in [0.1, 0.15) is 40.0 Å². The minimum atomic E-state index is -0.682. The van der Waals surface area contributed by atoms with E-state index in [1.54, 1.807) is 0 Å². The summed E-state index contributed by atoms with van der Waals surface area (Å²) in [4.78, 5) is 11.4. The van der Waals surface area contributed by atoms with Crippen LogP contribution >= 0.6 is 0 Å². The van der Waals surface area contributed by atoms with Gasteiger partial charge in [0.25, 0.3) is 0 Å². The van der Waals surface area contributed by atoms with Gasteiger partial charge in [0.1, 0.15) is 5.54 Å². The van der Waals surface area contributed by atoms with Crippen molar-refractivity contribution in [2.24, 2.45) is 11.8 Å². The van der Waals surface area contributed by atoms with E-state index in [0.717, 1.165) is 25.8 Å². The summed E-state index contributed by atoms with van der Waals surface area (Å²) in [5.74, 6) is 0.0333. The number of carboxylic acids is 1. The summed E-state index contributed by atoms with van der Waals surface area (Å²) in [7, 11) is 0. The standard InChI is InChI=1S/C11H21NO2/c1-4-12-11(10(13)14)7-5-6-8(2)9(11)3/h8-9,12H,4-7H2,1-3H3,(H,13,14). The maximum absolute atomic E-state index is 11.4. The Labute approximate surface area is 85.9 Å². The molecular formula is C11H21NO2. The lowest BCUT2D eigenvalue weighted by Crippen LogP contribution is -2.59. The Bertz CT molecular complexity index is 213. The van der Waals surface area contributed by atoms with Gasteiger partial charge in [-0.2, -0.15) is 0 Å². The molecule has 3 nitrogen and oxygen atoms in total. The van der Waals surface area contributed by atoms with Gasteiger partial charge in [-0.1, -0.05) is 33.6 Å². The predicted molar refractivity (Wildman–Crippen MR) is 56.2 cm³/mol. The van der Waals surface area contributed by atoms with Gasteiger partial charge in [-0.3, -0.25) is 4.79 Å². The molecule has 0 saturated heterocycles. The zero-order chi connectivity index (χ0) is 10.8. The molecule has 0 aromatic carbocycles. The van der Waals surface area contributed by atoms with Crippen LogP contribution < -0.4 is 5.32 Å². The number of carbonyl (C=O) groups is 1. The molecule has 14 heavy (non-hydrogen) atoms. The molecule has 1 rings (SSSR count). The van der Waals surface area contributed by atoms with Gasteiger partial charge < -0.3 is 10.4 Å². The van der Waals surface area contributed by atoms with E-state index in [4.69, 9.17) is 0 Å². The Balaban J connectivity index is 2.88. The van der Waals surface area contributed by atoms with Crippen molar-refractivity contribution < 1.29 is 9.90 Å². The van der Waals surface area contributed by atoms with Crippen LogP contribution in [0.25, 0.3) is 0 Å². The topological polar surface area (TPSA) is 49.3 Å². The van der Waals surface area contributed by atoms with Crippen molar-refractivity contribution in [2.45, 2.75) is 45.6 Å². The molecule has 0 bridgehead atoms. The van der Waals surface area contributed by atoms with E-state index < -0.39 is 11.5 Å². The number of hydrogen-bond acceptors (Lipinski definition) is 2. The monoisotopic (exact) mass is 199 g/mol. The summed E-state index contributed by atoms with van der Waals surface area (Å²) in [6.07, 6.45) is 2.94. The second-order valence-corrected chi connectivity index (χ2v) is 4.47. The van der Waals surface area contributed by atoms with Gasteiger partial charge in [0.15, 0.2) is 0 Å². The molecule has 0 aliphatic heterocycles. The molecule has 0 heterocycles. The average molecular weight is 199 g/mol. The lowest BCUT2D eigenvalue weighted by Gasteiger charge is -2.43. The van der Waals surface area contributed by atoms with Crippen molar-refractivity contribution in [1.82, 2.24) is 5.32 Å². The number of aliphatic carboxylic acids is 1. The Morgan fingerprint density at radius 2 is 2.21 bits per heavy atom. The molecular weight excluding hydrogens is 178 g/mol. The third-order valence-corrected chi connectivity index (χ3v) is 3.74.